The summed E-state index contributed by atoms with van der Waals surface area (Å²) in [6, 6.07) is 7.34. The van der Waals surface area contributed by atoms with Crippen LogP contribution in [0.2, 0.25) is 0 Å². The number of ether oxygens (including phenoxy) is 1. The summed E-state index contributed by atoms with van der Waals surface area (Å²) in [7, 11) is 3.21. The summed E-state index contributed by atoms with van der Waals surface area (Å²) in [6.45, 7) is 5.63. The molecule has 0 aromatic heterocycles. The maximum absolute atomic E-state index is 12.4. The largest absolute Gasteiger partial charge is 0.497 e. The van der Waals surface area contributed by atoms with Crippen LogP contribution in [0.3, 0.4) is 0 Å². The molecule has 1 aromatic carbocycles. The number of hydrogen-bond donors (Lipinski definition) is 1. The van der Waals surface area contributed by atoms with Crippen LogP contribution in [0.4, 0.5) is 0 Å². The predicted molar refractivity (Wildman–Crippen MR) is 80.0 cm³/mol. The van der Waals surface area contributed by atoms with Gasteiger partial charge in [-0.05, 0) is 23.1 Å². The number of methoxy groups -OCH3 is 1. The normalized spacial score (nSPS) is 12.6. The van der Waals surface area contributed by atoms with Gasteiger partial charge < -0.3 is 14.7 Å². The number of carboxylic acid groups (broad SMARTS) is 1. The molecule has 0 heterocycles. The van der Waals surface area contributed by atoms with Crippen molar-refractivity contribution in [2.45, 2.75) is 27.3 Å². The van der Waals surface area contributed by atoms with Gasteiger partial charge in [0.2, 0.25) is 5.91 Å². The fraction of sp³-hybridized carbons (Fsp3) is 0.500. The first kappa shape index (κ1) is 17.0. The second kappa shape index (κ2) is 6.61. The molecule has 1 rings (SSSR count). The van der Waals surface area contributed by atoms with Crippen molar-refractivity contribution in [2.24, 2.45) is 11.3 Å². The third-order valence-corrected chi connectivity index (χ3v) is 3.31. The fourth-order valence-electron chi connectivity index (χ4n) is 2.15. The maximum Gasteiger partial charge on any atom is 0.316 e. The highest BCUT2D eigenvalue weighted by atomic mass is 16.5. The van der Waals surface area contributed by atoms with Gasteiger partial charge in [0.25, 0.3) is 0 Å². The minimum atomic E-state index is -1.09. The Balaban J connectivity index is 2.83. The van der Waals surface area contributed by atoms with Crippen molar-refractivity contribution >= 4 is 11.9 Å². The SMILES string of the molecule is COc1ccc(CN(C)C(=O)C(C(=O)O)C(C)(C)C)cc1. The highest BCUT2D eigenvalue weighted by Gasteiger charge is 2.39. The molecule has 1 atom stereocenters. The lowest BCUT2D eigenvalue weighted by molar-refractivity contribution is -0.155. The lowest BCUT2D eigenvalue weighted by atomic mass is 9.80. The monoisotopic (exact) mass is 293 g/mol. The van der Waals surface area contributed by atoms with Gasteiger partial charge in [-0.15, -0.1) is 0 Å². The number of amides is 1. The first-order valence-electron chi connectivity index (χ1n) is 6.77. The molecule has 0 radical (unpaired) electrons. The van der Waals surface area contributed by atoms with Crippen molar-refractivity contribution in [1.29, 1.82) is 0 Å². The minimum Gasteiger partial charge on any atom is -0.497 e. The van der Waals surface area contributed by atoms with Crippen LogP contribution in [-0.2, 0) is 16.1 Å². The van der Waals surface area contributed by atoms with Crippen molar-refractivity contribution in [3.8, 4) is 5.75 Å². The van der Waals surface area contributed by atoms with E-state index in [1.807, 2.05) is 24.3 Å². The van der Waals surface area contributed by atoms with Gasteiger partial charge in [0.1, 0.15) is 11.7 Å². The molecule has 116 valence electrons. The fourth-order valence-corrected chi connectivity index (χ4v) is 2.15. The van der Waals surface area contributed by atoms with Crippen LogP contribution in [0, 0.1) is 11.3 Å². The molecule has 1 amide bonds. The number of benzene rings is 1. The number of hydrogen-bond acceptors (Lipinski definition) is 3. The van der Waals surface area contributed by atoms with Crippen molar-refractivity contribution in [3.63, 3.8) is 0 Å². The minimum absolute atomic E-state index is 0.364. The topological polar surface area (TPSA) is 66.8 Å². The second-order valence-electron chi connectivity index (χ2n) is 6.18. The highest BCUT2D eigenvalue weighted by Crippen LogP contribution is 2.28. The van der Waals surface area contributed by atoms with E-state index in [-0.39, 0.29) is 5.91 Å². The molecule has 1 N–H and O–H groups in total. The Hall–Kier alpha value is -2.04. The number of nitrogens with zero attached hydrogens (tertiary/aromatic N) is 1. The molecular formula is C16H23NO4. The average molecular weight is 293 g/mol. The predicted octanol–water partition coefficient (Wildman–Crippen LogP) is 2.40. The van der Waals surface area contributed by atoms with Gasteiger partial charge in [0.15, 0.2) is 0 Å². The van der Waals surface area contributed by atoms with Crippen LogP contribution in [0.25, 0.3) is 0 Å². The number of aliphatic carboxylic acids is 1. The number of rotatable bonds is 5. The summed E-state index contributed by atoms with van der Waals surface area (Å²) in [6.07, 6.45) is 0. The molecule has 21 heavy (non-hydrogen) atoms. The number of carbonyl (C=O) groups is 2. The summed E-state index contributed by atoms with van der Waals surface area (Å²) in [5, 5.41) is 9.30. The van der Waals surface area contributed by atoms with Gasteiger partial charge in [-0.3, -0.25) is 9.59 Å². The third-order valence-electron chi connectivity index (χ3n) is 3.31. The van der Waals surface area contributed by atoms with Crippen LogP contribution in [-0.4, -0.2) is 36.0 Å². The van der Waals surface area contributed by atoms with Gasteiger partial charge >= 0.3 is 5.97 Å². The molecule has 1 unspecified atom stereocenters. The van der Waals surface area contributed by atoms with E-state index in [2.05, 4.69) is 0 Å². The zero-order valence-corrected chi connectivity index (χ0v) is 13.2. The molecule has 0 spiro atoms. The molecule has 1 aromatic rings. The summed E-state index contributed by atoms with van der Waals surface area (Å²) >= 11 is 0. The van der Waals surface area contributed by atoms with Crippen molar-refractivity contribution in [2.75, 3.05) is 14.2 Å². The van der Waals surface area contributed by atoms with Crippen LogP contribution in [0.5, 0.6) is 5.75 Å². The van der Waals surface area contributed by atoms with E-state index >= 15 is 0 Å². The lowest BCUT2D eigenvalue weighted by Gasteiger charge is -2.30. The van der Waals surface area contributed by atoms with E-state index in [0.29, 0.717) is 6.54 Å². The van der Waals surface area contributed by atoms with Gasteiger partial charge in [-0.1, -0.05) is 32.9 Å². The highest BCUT2D eigenvalue weighted by molar-refractivity contribution is 5.97. The van der Waals surface area contributed by atoms with Crippen molar-refractivity contribution < 1.29 is 19.4 Å². The van der Waals surface area contributed by atoms with Crippen molar-refractivity contribution in [3.05, 3.63) is 29.8 Å². The Bertz CT molecular complexity index is 502. The first-order valence-corrected chi connectivity index (χ1v) is 6.77. The van der Waals surface area contributed by atoms with Gasteiger partial charge in [-0.25, -0.2) is 0 Å². The summed E-state index contributed by atoms with van der Waals surface area (Å²) in [5.41, 5.74) is 0.293. The Kier molecular flexibility index (Phi) is 5.35. The van der Waals surface area contributed by atoms with Gasteiger partial charge in [-0.2, -0.15) is 0 Å². The van der Waals surface area contributed by atoms with Gasteiger partial charge in [0.05, 0.1) is 7.11 Å². The number of carbonyl (C=O) groups excluding carboxylic acids is 1. The van der Waals surface area contributed by atoms with Crippen LogP contribution >= 0.6 is 0 Å². The number of carboxylic acids is 1. The average Bonchev–Trinajstić information content (AvgIpc) is 2.37. The zero-order chi connectivity index (χ0) is 16.2. The summed E-state index contributed by atoms with van der Waals surface area (Å²) in [5.74, 6) is -1.79. The molecule has 5 heteroatoms. The van der Waals surface area contributed by atoms with Crippen LogP contribution < -0.4 is 4.74 Å². The summed E-state index contributed by atoms with van der Waals surface area (Å²) < 4.78 is 5.08. The second-order valence-corrected chi connectivity index (χ2v) is 6.18. The van der Waals surface area contributed by atoms with Crippen molar-refractivity contribution in [1.82, 2.24) is 4.90 Å². The molecular weight excluding hydrogens is 270 g/mol. The molecule has 5 nitrogen and oxygen atoms in total. The first-order chi connectivity index (χ1) is 9.66. The molecule has 0 saturated carbocycles. The molecule has 0 saturated heterocycles. The molecule has 0 aliphatic carbocycles. The zero-order valence-electron chi connectivity index (χ0n) is 13.2. The van der Waals surface area contributed by atoms with E-state index in [0.717, 1.165) is 11.3 Å². The van der Waals surface area contributed by atoms with Crippen LogP contribution in [0.1, 0.15) is 26.3 Å². The maximum atomic E-state index is 12.4. The molecule has 0 bridgehead atoms. The summed E-state index contributed by atoms with van der Waals surface area (Å²) in [4.78, 5) is 25.2. The Morgan fingerprint density at radius 1 is 1.24 bits per heavy atom. The standard InChI is InChI=1S/C16H23NO4/c1-16(2,3)13(15(19)20)14(18)17(4)10-11-6-8-12(21-5)9-7-11/h6-9,13H,10H2,1-5H3,(H,19,20). The van der Waals surface area contributed by atoms with Gasteiger partial charge in [0, 0.05) is 13.6 Å². The van der Waals surface area contributed by atoms with E-state index in [4.69, 9.17) is 4.74 Å². The smallest absolute Gasteiger partial charge is 0.316 e. The Morgan fingerprint density at radius 2 is 1.76 bits per heavy atom. The third kappa shape index (κ3) is 4.48. The lowest BCUT2D eigenvalue weighted by Crippen LogP contribution is -2.43. The van der Waals surface area contributed by atoms with Crippen LogP contribution in [0.15, 0.2) is 24.3 Å². The Labute approximate surface area is 125 Å². The molecule has 0 aliphatic rings. The molecule has 0 aliphatic heterocycles. The Morgan fingerprint density at radius 3 is 2.14 bits per heavy atom. The van der Waals surface area contributed by atoms with E-state index in [1.54, 1.807) is 34.9 Å². The molecule has 0 fully saturated rings. The van der Waals surface area contributed by atoms with E-state index in [1.165, 1.54) is 4.90 Å². The van der Waals surface area contributed by atoms with E-state index < -0.39 is 17.3 Å². The quantitative estimate of drug-likeness (QED) is 0.847. The van der Waals surface area contributed by atoms with E-state index in [9.17, 15) is 14.7 Å².